The fourth-order valence-corrected chi connectivity index (χ4v) is 1.74. The minimum atomic E-state index is -0.642. The summed E-state index contributed by atoms with van der Waals surface area (Å²) < 4.78 is 18.5. The first kappa shape index (κ1) is 18.3. The highest BCUT2D eigenvalue weighted by Gasteiger charge is 2.03. The van der Waals surface area contributed by atoms with Crippen molar-refractivity contribution in [1.82, 2.24) is 10.6 Å². The first-order valence-corrected chi connectivity index (χ1v) is 6.71. The van der Waals surface area contributed by atoms with Crippen molar-refractivity contribution in [3.05, 3.63) is 53.7 Å². The van der Waals surface area contributed by atoms with Crippen LogP contribution in [0, 0.1) is 5.82 Å². The van der Waals surface area contributed by atoms with Gasteiger partial charge in [-0.25, -0.2) is 9.38 Å². The second-order valence-corrected chi connectivity index (χ2v) is 4.41. The van der Waals surface area contributed by atoms with Gasteiger partial charge in [0.25, 0.3) is 0 Å². The first-order chi connectivity index (χ1) is 10.2. The van der Waals surface area contributed by atoms with Crippen molar-refractivity contribution >= 4 is 29.9 Å². The van der Waals surface area contributed by atoms with Gasteiger partial charge in [-0.2, -0.15) is 0 Å². The lowest BCUT2D eigenvalue weighted by molar-refractivity contribution is 0.432. The Morgan fingerprint density at radius 1 is 1.32 bits per heavy atom. The smallest absolute Gasteiger partial charge is 0.191 e. The zero-order valence-corrected chi connectivity index (χ0v) is 14.5. The first-order valence-electron chi connectivity index (χ1n) is 6.71. The minimum Gasteiger partial charge on any atom is -0.505 e. The molecule has 1 aromatic heterocycles. The average Bonchev–Trinajstić information content (AvgIpc) is 2.99. The molecule has 2 aromatic rings. The normalized spacial score (nSPS) is 10.9. The molecule has 1 heterocycles. The van der Waals surface area contributed by atoms with Crippen LogP contribution in [0.1, 0.15) is 18.2 Å². The van der Waals surface area contributed by atoms with Crippen molar-refractivity contribution in [3.63, 3.8) is 0 Å². The van der Waals surface area contributed by atoms with Gasteiger partial charge in [0, 0.05) is 6.54 Å². The van der Waals surface area contributed by atoms with Gasteiger partial charge < -0.3 is 20.2 Å². The third kappa shape index (κ3) is 5.55. The Kier molecular flexibility index (Phi) is 7.72. The summed E-state index contributed by atoms with van der Waals surface area (Å²) in [5.74, 6) is 0.417. The van der Waals surface area contributed by atoms with E-state index in [0.717, 1.165) is 5.76 Å². The molecule has 120 valence electrons. The van der Waals surface area contributed by atoms with Crippen molar-refractivity contribution in [2.24, 2.45) is 4.99 Å². The zero-order chi connectivity index (χ0) is 15.1. The van der Waals surface area contributed by atoms with Gasteiger partial charge in [-0.05, 0) is 36.8 Å². The molecule has 5 nitrogen and oxygen atoms in total. The predicted octanol–water partition coefficient (Wildman–Crippen LogP) is 3.00. The van der Waals surface area contributed by atoms with Crippen LogP contribution in [0.2, 0.25) is 0 Å². The molecule has 0 saturated carbocycles. The largest absolute Gasteiger partial charge is 0.505 e. The number of nitrogens with zero attached hydrogens (tertiary/aromatic N) is 1. The summed E-state index contributed by atoms with van der Waals surface area (Å²) in [5, 5.41) is 15.4. The summed E-state index contributed by atoms with van der Waals surface area (Å²) in [7, 11) is 0. The molecule has 0 bridgehead atoms. The number of halogens is 2. The monoisotopic (exact) mass is 419 g/mol. The second kappa shape index (κ2) is 9.29. The fourth-order valence-electron chi connectivity index (χ4n) is 1.74. The van der Waals surface area contributed by atoms with E-state index in [9.17, 15) is 4.39 Å². The third-order valence-electron chi connectivity index (χ3n) is 2.79. The molecule has 3 N–H and O–H groups in total. The summed E-state index contributed by atoms with van der Waals surface area (Å²) in [6, 6.07) is 7.92. The molecule has 0 saturated heterocycles. The van der Waals surface area contributed by atoms with Crippen molar-refractivity contribution in [2.45, 2.75) is 20.0 Å². The second-order valence-electron chi connectivity index (χ2n) is 4.41. The molecule has 0 aliphatic carbocycles. The number of hydrogen-bond acceptors (Lipinski definition) is 3. The number of nitrogens with one attached hydrogen (secondary N) is 2. The molecular weight excluding hydrogens is 400 g/mol. The molecule has 0 spiro atoms. The molecule has 7 heteroatoms. The number of benzene rings is 1. The van der Waals surface area contributed by atoms with Crippen LogP contribution < -0.4 is 10.6 Å². The van der Waals surface area contributed by atoms with E-state index in [4.69, 9.17) is 9.52 Å². The molecule has 0 aliphatic rings. The summed E-state index contributed by atoms with van der Waals surface area (Å²) in [5.41, 5.74) is 0.681. The van der Waals surface area contributed by atoms with Crippen molar-refractivity contribution < 1.29 is 13.9 Å². The van der Waals surface area contributed by atoms with Gasteiger partial charge in [0.05, 0.1) is 19.4 Å². The van der Waals surface area contributed by atoms with Gasteiger partial charge in [-0.1, -0.05) is 6.07 Å². The topological polar surface area (TPSA) is 69.8 Å². The number of aromatic hydroxyl groups is 1. The van der Waals surface area contributed by atoms with E-state index in [1.54, 1.807) is 12.3 Å². The standard InChI is InChI=1S/C15H18FN3O2.HI/c1-2-17-15(19-10-12-4-3-7-21-12)18-9-11-5-6-14(20)13(16)8-11;/h3-8,20H,2,9-10H2,1H3,(H2,17,18,19);1H. The number of aliphatic imine (C=N–C) groups is 1. The molecule has 1 aromatic carbocycles. The maximum atomic E-state index is 13.2. The summed E-state index contributed by atoms with van der Waals surface area (Å²) in [4.78, 5) is 4.36. The van der Waals surface area contributed by atoms with Crippen molar-refractivity contribution in [3.8, 4) is 5.75 Å². The Hall–Kier alpha value is -1.77. The maximum Gasteiger partial charge on any atom is 0.191 e. The highest BCUT2D eigenvalue weighted by atomic mass is 127. The Morgan fingerprint density at radius 3 is 2.77 bits per heavy atom. The lowest BCUT2D eigenvalue weighted by atomic mass is 10.2. The van der Waals surface area contributed by atoms with Crippen molar-refractivity contribution in [1.29, 1.82) is 0 Å². The lowest BCUT2D eigenvalue weighted by Gasteiger charge is -2.10. The molecule has 0 amide bonds. The number of hydrogen-bond donors (Lipinski definition) is 3. The minimum absolute atomic E-state index is 0. The number of phenols is 1. The predicted molar refractivity (Wildman–Crippen MR) is 93.8 cm³/mol. The van der Waals surface area contributed by atoms with Crippen LogP contribution in [-0.4, -0.2) is 17.6 Å². The third-order valence-corrected chi connectivity index (χ3v) is 2.79. The van der Waals surface area contributed by atoms with E-state index in [2.05, 4.69) is 15.6 Å². The molecular formula is C15H19FIN3O2. The molecule has 0 aliphatic heterocycles. The van der Waals surface area contributed by atoms with Crippen LogP contribution in [0.15, 0.2) is 46.0 Å². The number of furan rings is 1. The Bertz CT molecular complexity index is 603. The van der Waals surface area contributed by atoms with Gasteiger partial charge in [-0.3, -0.25) is 0 Å². The summed E-state index contributed by atoms with van der Waals surface area (Å²) in [6.45, 7) is 3.51. The maximum absolute atomic E-state index is 13.2. The zero-order valence-electron chi connectivity index (χ0n) is 12.2. The number of guanidine groups is 1. The van der Waals surface area contributed by atoms with Crippen LogP contribution in [0.4, 0.5) is 4.39 Å². The van der Waals surface area contributed by atoms with Gasteiger partial charge in [-0.15, -0.1) is 24.0 Å². The summed E-state index contributed by atoms with van der Waals surface area (Å²) in [6.07, 6.45) is 1.61. The van der Waals surface area contributed by atoms with Crippen LogP contribution in [0.3, 0.4) is 0 Å². The fraction of sp³-hybridized carbons (Fsp3) is 0.267. The van der Waals surface area contributed by atoms with Gasteiger partial charge in [0.1, 0.15) is 5.76 Å². The lowest BCUT2D eigenvalue weighted by Crippen LogP contribution is -2.36. The molecule has 22 heavy (non-hydrogen) atoms. The average molecular weight is 419 g/mol. The van der Waals surface area contributed by atoms with Crippen LogP contribution in [-0.2, 0) is 13.1 Å². The molecule has 0 radical (unpaired) electrons. The van der Waals surface area contributed by atoms with Gasteiger partial charge in [0.2, 0.25) is 0 Å². The number of phenolic OH excluding ortho intramolecular Hbond substituents is 1. The van der Waals surface area contributed by atoms with E-state index in [0.29, 0.717) is 31.2 Å². The van der Waals surface area contributed by atoms with Crippen molar-refractivity contribution in [2.75, 3.05) is 6.54 Å². The molecule has 2 rings (SSSR count). The van der Waals surface area contributed by atoms with Crippen LogP contribution >= 0.6 is 24.0 Å². The van der Waals surface area contributed by atoms with Gasteiger partial charge in [0.15, 0.2) is 17.5 Å². The van der Waals surface area contributed by atoms with Gasteiger partial charge >= 0.3 is 0 Å². The Morgan fingerprint density at radius 2 is 2.14 bits per heavy atom. The SMILES string of the molecule is CCNC(=NCc1ccc(O)c(F)c1)NCc1ccco1.I. The Balaban J connectivity index is 0.00000242. The van der Waals surface area contributed by atoms with E-state index in [1.807, 2.05) is 19.1 Å². The van der Waals surface area contributed by atoms with E-state index >= 15 is 0 Å². The van der Waals surface area contributed by atoms with E-state index < -0.39 is 5.82 Å². The Labute approximate surface area is 145 Å². The molecule has 0 fully saturated rings. The van der Waals surface area contributed by atoms with E-state index in [-0.39, 0.29) is 29.7 Å². The quantitative estimate of drug-likeness (QED) is 0.396. The summed E-state index contributed by atoms with van der Waals surface area (Å²) >= 11 is 0. The highest BCUT2D eigenvalue weighted by molar-refractivity contribution is 14.0. The van der Waals surface area contributed by atoms with E-state index in [1.165, 1.54) is 12.1 Å². The molecule has 0 unspecified atom stereocenters. The number of rotatable bonds is 5. The highest BCUT2D eigenvalue weighted by Crippen LogP contribution is 2.16. The van der Waals surface area contributed by atoms with Crippen LogP contribution in [0.25, 0.3) is 0 Å². The van der Waals surface area contributed by atoms with Crippen LogP contribution in [0.5, 0.6) is 5.75 Å². The molecule has 0 atom stereocenters.